The molecule has 1 aromatic rings. The molecule has 1 saturated carbocycles. The van der Waals surface area contributed by atoms with Crippen LogP contribution in [0.15, 0.2) is 18.5 Å². The molecule has 1 aliphatic rings. The lowest BCUT2D eigenvalue weighted by Gasteiger charge is -2.16. The maximum Gasteiger partial charge on any atom is 0.146 e. The molecular formula is C11H16FN3. The summed E-state index contributed by atoms with van der Waals surface area (Å²) in [5.41, 5.74) is 3.29. The Morgan fingerprint density at radius 1 is 1.60 bits per heavy atom. The van der Waals surface area contributed by atoms with Crippen LogP contribution in [0.2, 0.25) is 0 Å². The average Bonchev–Trinajstić information content (AvgIpc) is 3.05. The summed E-state index contributed by atoms with van der Waals surface area (Å²) in [6.07, 6.45) is 7.47. The predicted octanol–water partition coefficient (Wildman–Crippen LogP) is 1.92. The quantitative estimate of drug-likeness (QED) is 0.575. The van der Waals surface area contributed by atoms with Crippen LogP contribution in [0.3, 0.4) is 0 Å². The first-order valence-corrected chi connectivity index (χ1v) is 5.37. The van der Waals surface area contributed by atoms with Gasteiger partial charge < -0.3 is 0 Å². The molecule has 1 unspecified atom stereocenters. The average molecular weight is 209 g/mol. The van der Waals surface area contributed by atoms with Crippen molar-refractivity contribution in [2.24, 2.45) is 11.8 Å². The number of nitrogens with zero attached hydrogens (tertiary/aromatic N) is 1. The van der Waals surface area contributed by atoms with E-state index in [1.54, 1.807) is 12.3 Å². The van der Waals surface area contributed by atoms with Crippen LogP contribution in [0.5, 0.6) is 0 Å². The van der Waals surface area contributed by atoms with E-state index in [0.717, 1.165) is 18.8 Å². The largest absolute Gasteiger partial charge is 0.271 e. The minimum absolute atomic E-state index is 0.0893. The number of pyridine rings is 1. The Hall–Kier alpha value is -1.00. The van der Waals surface area contributed by atoms with Crippen molar-refractivity contribution in [2.45, 2.75) is 31.7 Å². The van der Waals surface area contributed by atoms with Crippen molar-refractivity contribution in [3.8, 4) is 0 Å². The SMILES string of the molecule is NNC(CCC1CC1)c1ccncc1F. The number of hydrogen-bond donors (Lipinski definition) is 2. The summed E-state index contributed by atoms with van der Waals surface area (Å²) in [6, 6.07) is 1.60. The third-order valence-corrected chi connectivity index (χ3v) is 2.94. The molecule has 0 aliphatic heterocycles. The van der Waals surface area contributed by atoms with Crippen molar-refractivity contribution in [3.63, 3.8) is 0 Å². The number of rotatable bonds is 5. The van der Waals surface area contributed by atoms with Gasteiger partial charge >= 0.3 is 0 Å². The van der Waals surface area contributed by atoms with Gasteiger partial charge in [-0.3, -0.25) is 16.3 Å². The molecular weight excluding hydrogens is 193 g/mol. The summed E-state index contributed by atoms with van der Waals surface area (Å²) in [5.74, 6) is 6.00. The van der Waals surface area contributed by atoms with Crippen molar-refractivity contribution in [3.05, 3.63) is 29.8 Å². The third-order valence-electron chi connectivity index (χ3n) is 2.94. The zero-order chi connectivity index (χ0) is 10.7. The number of nitrogens with two attached hydrogens (primary N) is 1. The van der Waals surface area contributed by atoms with Crippen molar-refractivity contribution < 1.29 is 4.39 Å². The Kier molecular flexibility index (Phi) is 3.28. The van der Waals surface area contributed by atoms with Gasteiger partial charge in [0.2, 0.25) is 0 Å². The Bertz CT molecular complexity index is 325. The normalized spacial score (nSPS) is 17.7. The lowest BCUT2D eigenvalue weighted by molar-refractivity contribution is 0.458. The first-order chi connectivity index (χ1) is 7.31. The molecule has 0 saturated heterocycles. The van der Waals surface area contributed by atoms with Crippen LogP contribution in [0.1, 0.15) is 37.3 Å². The Labute approximate surface area is 88.9 Å². The zero-order valence-electron chi connectivity index (χ0n) is 8.62. The van der Waals surface area contributed by atoms with Crippen LogP contribution >= 0.6 is 0 Å². The zero-order valence-corrected chi connectivity index (χ0v) is 8.62. The molecule has 0 amide bonds. The van der Waals surface area contributed by atoms with Crippen LogP contribution in [-0.4, -0.2) is 4.98 Å². The summed E-state index contributed by atoms with van der Waals surface area (Å²) in [4.78, 5) is 3.73. The van der Waals surface area contributed by atoms with E-state index >= 15 is 0 Å². The summed E-state index contributed by atoms with van der Waals surface area (Å²) in [6.45, 7) is 0. The Morgan fingerprint density at radius 2 is 2.40 bits per heavy atom. The monoisotopic (exact) mass is 209 g/mol. The first-order valence-electron chi connectivity index (χ1n) is 5.37. The summed E-state index contributed by atoms with van der Waals surface area (Å²) in [5, 5.41) is 0. The number of nitrogens with one attached hydrogen (secondary N) is 1. The van der Waals surface area contributed by atoms with E-state index in [1.807, 2.05) is 0 Å². The van der Waals surface area contributed by atoms with Gasteiger partial charge in [-0.15, -0.1) is 0 Å². The molecule has 1 aliphatic carbocycles. The van der Waals surface area contributed by atoms with Gasteiger partial charge in [-0.25, -0.2) is 4.39 Å². The van der Waals surface area contributed by atoms with Gasteiger partial charge in [0.15, 0.2) is 0 Å². The van der Waals surface area contributed by atoms with Crippen LogP contribution in [0.25, 0.3) is 0 Å². The van der Waals surface area contributed by atoms with E-state index < -0.39 is 0 Å². The highest BCUT2D eigenvalue weighted by atomic mass is 19.1. The van der Waals surface area contributed by atoms with E-state index in [9.17, 15) is 4.39 Å². The summed E-state index contributed by atoms with van der Waals surface area (Å²) < 4.78 is 13.4. The molecule has 3 N–H and O–H groups in total. The second-order valence-corrected chi connectivity index (χ2v) is 4.14. The molecule has 2 rings (SSSR count). The highest BCUT2D eigenvalue weighted by Crippen LogP contribution is 2.35. The molecule has 0 bridgehead atoms. The van der Waals surface area contributed by atoms with Gasteiger partial charge in [-0.05, 0) is 24.8 Å². The molecule has 82 valence electrons. The second kappa shape index (κ2) is 4.68. The lowest BCUT2D eigenvalue weighted by atomic mass is 10.0. The van der Waals surface area contributed by atoms with E-state index in [-0.39, 0.29) is 11.9 Å². The number of aromatic nitrogens is 1. The molecule has 0 aromatic carbocycles. The van der Waals surface area contributed by atoms with Crippen LogP contribution in [0, 0.1) is 11.7 Å². The van der Waals surface area contributed by atoms with Crippen LogP contribution < -0.4 is 11.3 Å². The molecule has 0 spiro atoms. The van der Waals surface area contributed by atoms with Crippen LogP contribution in [-0.2, 0) is 0 Å². The molecule has 4 heteroatoms. The molecule has 1 heterocycles. The molecule has 1 atom stereocenters. The van der Waals surface area contributed by atoms with Gasteiger partial charge in [0.05, 0.1) is 6.20 Å². The highest BCUT2D eigenvalue weighted by Gasteiger charge is 2.23. The van der Waals surface area contributed by atoms with Gasteiger partial charge in [-0.1, -0.05) is 12.8 Å². The number of hydrogen-bond acceptors (Lipinski definition) is 3. The standard InChI is InChI=1S/C11H16FN3/c12-10-7-14-6-5-9(10)11(15-13)4-3-8-1-2-8/h5-8,11,15H,1-4,13H2. The fourth-order valence-electron chi connectivity index (χ4n) is 1.81. The Morgan fingerprint density at radius 3 is 3.00 bits per heavy atom. The lowest BCUT2D eigenvalue weighted by Crippen LogP contribution is -2.28. The summed E-state index contributed by atoms with van der Waals surface area (Å²) in [7, 11) is 0. The minimum atomic E-state index is -0.281. The first kappa shape index (κ1) is 10.5. The fraction of sp³-hybridized carbons (Fsp3) is 0.545. The van der Waals surface area contributed by atoms with Crippen molar-refractivity contribution in [1.29, 1.82) is 0 Å². The maximum absolute atomic E-state index is 13.4. The number of hydrazine groups is 1. The molecule has 1 fully saturated rings. The molecule has 0 radical (unpaired) electrons. The smallest absolute Gasteiger partial charge is 0.146 e. The van der Waals surface area contributed by atoms with Crippen molar-refractivity contribution >= 4 is 0 Å². The van der Waals surface area contributed by atoms with Gasteiger partial charge in [0.25, 0.3) is 0 Å². The summed E-state index contributed by atoms with van der Waals surface area (Å²) >= 11 is 0. The van der Waals surface area contributed by atoms with E-state index in [0.29, 0.717) is 5.56 Å². The van der Waals surface area contributed by atoms with E-state index in [1.165, 1.54) is 19.0 Å². The van der Waals surface area contributed by atoms with Gasteiger partial charge in [0.1, 0.15) is 5.82 Å². The topological polar surface area (TPSA) is 50.9 Å². The minimum Gasteiger partial charge on any atom is -0.271 e. The second-order valence-electron chi connectivity index (χ2n) is 4.14. The van der Waals surface area contributed by atoms with Gasteiger partial charge in [-0.2, -0.15) is 0 Å². The van der Waals surface area contributed by atoms with Gasteiger partial charge in [0, 0.05) is 17.8 Å². The fourth-order valence-corrected chi connectivity index (χ4v) is 1.81. The van der Waals surface area contributed by atoms with Crippen LogP contribution in [0.4, 0.5) is 4.39 Å². The number of halogens is 1. The third kappa shape index (κ3) is 2.73. The maximum atomic E-state index is 13.4. The Balaban J connectivity index is 2.00. The van der Waals surface area contributed by atoms with E-state index in [4.69, 9.17) is 5.84 Å². The van der Waals surface area contributed by atoms with Crippen molar-refractivity contribution in [2.75, 3.05) is 0 Å². The predicted molar refractivity (Wildman–Crippen MR) is 56.2 cm³/mol. The highest BCUT2D eigenvalue weighted by molar-refractivity contribution is 5.17. The van der Waals surface area contributed by atoms with Crippen molar-refractivity contribution in [1.82, 2.24) is 10.4 Å². The molecule has 3 nitrogen and oxygen atoms in total. The van der Waals surface area contributed by atoms with E-state index in [2.05, 4.69) is 10.4 Å². The molecule has 1 aromatic heterocycles. The molecule has 15 heavy (non-hydrogen) atoms.